The number of aliphatic hydroxyl groups excluding tert-OH is 1. The lowest BCUT2D eigenvalue weighted by Gasteiger charge is -2.31. The van der Waals surface area contributed by atoms with Crippen molar-refractivity contribution in [2.24, 2.45) is 5.92 Å². The smallest absolute Gasteiger partial charge is 0.269 e. The number of nitrogens with zero attached hydrogens (tertiary/aromatic N) is 2. The van der Waals surface area contributed by atoms with E-state index in [0.29, 0.717) is 18.2 Å². The summed E-state index contributed by atoms with van der Waals surface area (Å²) in [6, 6.07) is 4.55. The second kappa shape index (κ2) is 5.99. The minimum Gasteiger partial charge on any atom is -0.398 e. The highest BCUT2D eigenvalue weighted by Crippen LogP contribution is 2.24. The summed E-state index contributed by atoms with van der Waals surface area (Å²) in [5.74, 6) is 0.300. The van der Waals surface area contributed by atoms with Crippen molar-refractivity contribution in [3.63, 3.8) is 0 Å². The molecule has 104 valence electrons. The number of anilines is 1. The molecular formula is C13H19N3O3. The van der Waals surface area contributed by atoms with E-state index in [1.807, 2.05) is 0 Å². The lowest BCUT2D eigenvalue weighted by molar-refractivity contribution is -0.384. The summed E-state index contributed by atoms with van der Waals surface area (Å²) in [5.41, 5.74) is 7.31. The third-order valence-electron chi connectivity index (χ3n) is 3.59. The van der Waals surface area contributed by atoms with Crippen LogP contribution < -0.4 is 5.73 Å². The van der Waals surface area contributed by atoms with Crippen molar-refractivity contribution in [3.8, 4) is 0 Å². The maximum atomic E-state index is 10.8. The van der Waals surface area contributed by atoms with E-state index in [1.165, 1.54) is 12.1 Å². The van der Waals surface area contributed by atoms with E-state index in [9.17, 15) is 15.2 Å². The van der Waals surface area contributed by atoms with Crippen LogP contribution in [0.4, 0.5) is 11.4 Å². The zero-order chi connectivity index (χ0) is 13.8. The molecular weight excluding hydrogens is 246 g/mol. The number of non-ortho nitro benzene ring substituents is 1. The van der Waals surface area contributed by atoms with Gasteiger partial charge in [0, 0.05) is 37.5 Å². The summed E-state index contributed by atoms with van der Waals surface area (Å²) < 4.78 is 0. The number of benzene rings is 1. The molecule has 1 aliphatic heterocycles. The van der Waals surface area contributed by atoms with Crippen LogP contribution in [0, 0.1) is 16.0 Å². The molecule has 1 unspecified atom stereocenters. The molecule has 0 bridgehead atoms. The van der Waals surface area contributed by atoms with Gasteiger partial charge in [-0.05, 0) is 36.9 Å². The van der Waals surface area contributed by atoms with Gasteiger partial charge in [0.05, 0.1) is 4.92 Å². The standard InChI is InChI=1S/C13H19N3O3/c14-13-4-3-12(16(18)19)6-11(13)8-15-5-1-2-10(7-15)9-17/h3-4,6,10,17H,1-2,5,7-9,14H2. The Kier molecular flexibility index (Phi) is 4.34. The van der Waals surface area contributed by atoms with Crippen LogP contribution in [0.1, 0.15) is 18.4 Å². The minimum absolute atomic E-state index is 0.0694. The average molecular weight is 265 g/mol. The molecule has 2 rings (SSSR count). The first-order chi connectivity index (χ1) is 9.10. The van der Waals surface area contributed by atoms with Crippen molar-refractivity contribution in [1.82, 2.24) is 4.90 Å². The lowest BCUT2D eigenvalue weighted by atomic mass is 9.98. The van der Waals surface area contributed by atoms with Gasteiger partial charge in [-0.1, -0.05) is 0 Å². The maximum absolute atomic E-state index is 10.8. The molecule has 0 aromatic heterocycles. The molecule has 1 aliphatic rings. The number of nitrogens with two attached hydrogens (primary N) is 1. The van der Waals surface area contributed by atoms with E-state index in [2.05, 4.69) is 4.90 Å². The Morgan fingerprint density at radius 3 is 3.00 bits per heavy atom. The number of aliphatic hydroxyl groups is 1. The molecule has 1 fully saturated rings. The SMILES string of the molecule is Nc1ccc([N+](=O)[O-])cc1CN1CCCC(CO)C1. The van der Waals surface area contributed by atoms with Gasteiger partial charge in [0.1, 0.15) is 0 Å². The first-order valence-electron chi connectivity index (χ1n) is 6.46. The summed E-state index contributed by atoms with van der Waals surface area (Å²) in [6.45, 7) is 2.56. The fourth-order valence-corrected chi connectivity index (χ4v) is 2.53. The summed E-state index contributed by atoms with van der Waals surface area (Å²) in [4.78, 5) is 12.6. The highest BCUT2D eigenvalue weighted by atomic mass is 16.6. The highest BCUT2D eigenvalue weighted by molar-refractivity contribution is 5.52. The van der Waals surface area contributed by atoms with Gasteiger partial charge in [-0.15, -0.1) is 0 Å². The van der Waals surface area contributed by atoms with Crippen molar-refractivity contribution in [2.45, 2.75) is 19.4 Å². The zero-order valence-electron chi connectivity index (χ0n) is 10.8. The normalized spacial score (nSPS) is 20.4. The number of hydrogen-bond acceptors (Lipinski definition) is 5. The van der Waals surface area contributed by atoms with E-state index in [4.69, 9.17) is 5.73 Å². The maximum Gasteiger partial charge on any atom is 0.269 e. The van der Waals surface area contributed by atoms with Gasteiger partial charge in [0.25, 0.3) is 5.69 Å². The molecule has 1 heterocycles. The van der Waals surface area contributed by atoms with Crippen LogP contribution in [0.15, 0.2) is 18.2 Å². The van der Waals surface area contributed by atoms with Crippen LogP contribution in [0.3, 0.4) is 0 Å². The molecule has 1 aromatic rings. The molecule has 19 heavy (non-hydrogen) atoms. The molecule has 1 aromatic carbocycles. The minimum atomic E-state index is -0.407. The quantitative estimate of drug-likeness (QED) is 0.487. The van der Waals surface area contributed by atoms with Crippen LogP contribution in [0.5, 0.6) is 0 Å². The summed E-state index contributed by atoms with van der Waals surface area (Å²) in [6.07, 6.45) is 2.08. The third kappa shape index (κ3) is 3.42. The molecule has 1 saturated heterocycles. The predicted octanol–water partition coefficient (Wildman–Crippen LogP) is 1.38. The van der Waals surface area contributed by atoms with Crippen molar-refractivity contribution in [3.05, 3.63) is 33.9 Å². The number of hydrogen-bond donors (Lipinski definition) is 2. The molecule has 1 atom stereocenters. The molecule has 0 radical (unpaired) electrons. The summed E-state index contributed by atoms with van der Waals surface area (Å²) in [7, 11) is 0. The molecule has 3 N–H and O–H groups in total. The predicted molar refractivity (Wildman–Crippen MR) is 72.6 cm³/mol. The lowest BCUT2D eigenvalue weighted by Crippen LogP contribution is -2.36. The molecule has 6 nitrogen and oxygen atoms in total. The summed E-state index contributed by atoms with van der Waals surface area (Å²) >= 11 is 0. The molecule has 6 heteroatoms. The Bertz CT molecular complexity index is 464. The van der Waals surface area contributed by atoms with E-state index >= 15 is 0 Å². The largest absolute Gasteiger partial charge is 0.398 e. The van der Waals surface area contributed by atoms with Gasteiger partial charge in [-0.25, -0.2) is 0 Å². The van der Waals surface area contributed by atoms with Crippen molar-refractivity contribution in [1.29, 1.82) is 0 Å². The Morgan fingerprint density at radius 1 is 1.53 bits per heavy atom. The van der Waals surface area contributed by atoms with Crippen molar-refractivity contribution in [2.75, 3.05) is 25.4 Å². The van der Waals surface area contributed by atoms with E-state index in [1.54, 1.807) is 6.07 Å². The van der Waals surface area contributed by atoms with Crippen LogP contribution in [0.2, 0.25) is 0 Å². The fraction of sp³-hybridized carbons (Fsp3) is 0.538. The van der Waals surface area contributed by atoms with Crippen LogP contribution in [0.25, 0.3) is 0 Å². The van der Waals surface area contributed by atoms with Crippen LogP contribution in [-0.2, 0) is 6.54 Å². The van der Waals surface area contributed by atoms with E-state index < -0.39 is 4.92 Å². The summed E-state index contributed by atoms with van der Waals surface area (Å²) in [5, 5.41) is 20.0. The number of nitro benzene ring substituents is 1. The Balaban J connectivity index is 2.09. The topological polar surface area (TPSA) is 92.6 Å². The molecule has 0 aliphatic carbocycles. The second-order valence-corrected chi connectivity index (χ2v) is 5.07. The Morgan fingerprint density at radius 2 is 2.32 bits per heavy atom. The van der Waals surface area contributed by atoms with Gasteiger partial charge < -0.3 is 10.8 Å². The van der Waals surface area contributed by atoms with Gasteiger partial charge >= 0.3 is 0 Å². The molecule has 0 amide bonds. The molecule has 0 spiro atoms. The number of likely N-dealkylation sites (tertiary alicyclic amines) is 1. The highest BCUT2D eigenvalue weighted by Gasteiger charge is 2.20. The number of piperidine rings is 1. The Hall–Kier alpha value is -1.66. The van der Waals surface area contributed by atoms with E-state index in [-0.39, 0.29) is 12.3 Å². The third-order valence-corrected chi connectivity index (χ3v) is 3.59. The van der Waals surface area contributed by atoms with E-state index in [0.717, 1.165) is 31.5 Å². The monoisotopic (exact) mass is 265 g/mol. The van der Waals surface area contributed by atoms with Crippen molar-refractivity contribution < 1.29 is 10.0 Å². The average Bonchev–Trinajstić information content (AvgIpc) is 2.41. The molecule has 0 saturated carbocycles. The number of nitrogen functional groups attached to an aromatic ring is 1. The van der Waals surface area contributed by atoms with Gasteiger partial charge in [-0.3, -0.25) is 15.0 Å². The van der Waals surface area contributed by atoms with Gasteiger partial charge in [0.2, 0.25) is 0 Å². The van der Waals surface area contributed by atoms with Gasteiger partial charge in [-0.2, -0.15) is 0 Å². The van der Waals surface area contributed by atoms with Crippen LogP contribution >= 0.6 is 0 Å². The Labute approximate surface area is 112 Å². The first kappa shape index (κ1) is 13.8. The zero-order valence-corrected chi connectivity index (χ0v) is 10.8. The number of rotatable bonds is 4. The number of nitro groups is 1. The van der Waals surface area contributed by atoms with Gasteiger partial charge in [0.15, 0.2) is 0 Å². The second-order valence-electron chi connectivity index (χ2n) is 5.07. The van der Waals surface area contributed by atoms with Crippen LogP contribution in [-0.4, -0.2) is 34.6 Å². The van der Waals surface area contributed by atoms with Crippen molar-refractivity contribution >= 4 is 11.4 Å². The first-order valence-corrected chi connectivity index (χ1v) is 6.46. The fourth-order valence-electron chi connectivity index (χ4n) is 2.53.